The zero-order chi connectivity index (χ0) is 21.8. The van der Waals surface area contributed by atoms with E-state index >= 15 is 0 Å². The molecule has 1 aromatic heterocycles. The molecule has 1 saturated heterocycles. The SMILES string of the molecule is Cl.Oc1ccc(-c2cc3ccccc3s2)cc1Oc1ccc(OCCN2CCCCC2)cc1. The lowest BCUT2D eigenvalue weighted by Crippen LogP contribution is -2.33. The molecule has 1 fully saturated rings. The smallest absolute Gasteiger partial charge is 0.169 e. The highest BCUT2D eigenvalue weighted by molar-refractivity contribution is 7.22. The third-order valence-electron chi connectivity index (χ3n) is 5.85. The van der Waals surface area contributed by atoms with Crippen molar-refractivity contribution in [1.29, 1.82) is 0 Å². The van der Waals surface area contributed by atoms with Gasteiger partial charge in [-0.1, -0.05) is 24.6 Å². The number of aromatic hydroxyl groups is 1. The van der Waals surface area contributed by atoms with Crippen LogP contribution in [0.15, 0.2) is 72.8 Å². The highest BCUT2D eigenvalue weighted by Crippen LogP contribution is 2.39. The van der Waals surface area contributed by atoms with E-state index in [1.807, 2.05) is 42.5 Å². The number of fused-ring (bicyclic) bond motifs is 1. The number of halogens is 1. The minimum Gasteiger partial charge on any atom is -0.504 e. The molecule has 5 rings (SSSR count). The predicted octanol–water partition coefficient (Wildman–Crippen LogP) is 7.35. The fraction of sp³-hybridized carbons (Fsp3) is 0.259. The van der Waals surface area contributed by atoms with Crippen molar-refractivity contribution in [3.63, 3.8) is 0 Å². The molecular weight excluding hydrogens is 454 g/mol. The summed E-state index contributed by atoms with van der Waals surface area (Å²) in [6, 6.07) is 23.6. The van der Waals surface area contributed by atoms with Crippen molar-refractivity contribution >= 4 is 33.8 Å². The van der Waals surface area contributed by atoms with E-state index in [9.17, 15) is 5.11 Å². The van der Waals surface area contributed by atoms with Gasteiger partial charge in [-0.05, 0) is 91.5 Å². The van der Waals surface area contributed by atoms with Crippen LogP contribution in [-0.2, 0) is 0 Å². The number of thiophene rings is 1. The number of phenols is 1. The first kappa shape index (κ1) is 23.4. The summed E-state index contributed by atoms with van der Waals surface area (Å²) in [7, 11) is 0. The molecule has 0 radical (unpaired) electrons. The van der Waals surface area contributed by atoms with Gasteiger partial charge in [0.05, 0.1) is 0 Å². The lowest BCUT2D eigenvalue weighted by Gasteiger charge is -2.26. The Morgan fingerprint density at radius 1 is 0.848 bits per heavy atom. The van der Waals surface area contributed by atoms with E-state index in [2.05, 4.69) is 29.2 Å². The van der Waals surface area contributed by atoms with Crippen LogP contribution in [-0.4, -0.2) is 36.2 Å². The first-order valence-corrected chi connectivity index (χ1v) is 12.0. The number of hydrogen-bond acceptors (Lipinski definition) is 5. The number of rotatable bonds is 7. The molecule has 172 valence electrons. The predicted molar refractivity (Wildman–Crippen MR) is 138 cm³/mol. The maximum atomic E-state index is 10.3. The van der Waals surface area contributed by atoms with Crippen molar-refractivity contribution < 1.29 is 14.6 Å². The van der Waals surface area contributed by atoms with Crippen molar-refractivity contribution in [2.24, 2.45) is 0 Å². The topological polar surface area (TPSA) is 41.9 Å². The lowest BCUT2D eigenvalue weighted by molar-refractivity contribution is 0.183. The van der Waals surface area contributed by atoms with Crippen LogP contribution >= 0.6 is 23.7 Å². The summed E-state index contributed by atoms with van der Waals surface area (Å²) in [4.78, 5) is 3.61. The molecular formula is C27H28ClNO3S. The molecule has 1 N–H and O–H groups in total. The van der Waals surface area contributed by atoms with E-state index in [-0.39, 0.29) is 18.2 Å². The number of piperidine rings is 1. The van der Waals surface area contributed by atoms with Crippen molar-refractivity contribution in [2.45, 2.75) is 19.3 Å². The molecule has 2 heterocycles. The maximum Gasteiger partial charge on any atom is 0.169 e. The van der Waals surface area contributed by atoms with Gasteiger partial charge in [0, 0.05) is 16.1 Å². The third-order valence-corrected chi connectivity index (χ3v) is 7.01. The Bertz CT molecular complexity index is 1150. The van der Waals surface area contributed by atoms with Crippen molar-refractivity contribution in [2.75, 3.05) is 26.2 Å². The molecule has 0 saturated carbocycles. The minimum absolute atomic E-state index is 0. The number of benzene rings is 3. The van der Waals surface area contributed by atoms with Crippen LogP contribution in [0.2, 0.25) is 0 Å². The van der Waals surface area contributed by atoms with Gasteiger partial charge in [-0.2, -0.15) is 0 Å². The number of ether oxygens (including phenoxy) is 2. The Kier molecular flexibility index (Phi) is 7.76. The average molecular weight is 482 g/mol. The molecule has 0 unspecified atom stereocenters. The summed E-state index contributed by atoms with van der Waals surface area (Å²) in [6.07, 6.45) is 3.94. The number of likely N-dealkylation sites (tertiary alicyclic amines) is 1. The highest BCUT2D eigenvalue weighted by atomic mass is 35.5. The molecule has 33 heavy (non-hydrogen) atoms. The third kappa shape index (κ3) is 5.80. The molecule has 3 aromatic carbocycles. The fourth-order valence-corrected chi connectivity index (χ4v) is 5.14. The van der Waals surface area contributed by atoms with Crippen LogP contribution in [0.5, 0.6) is 23.0 Å². The zero-order valence-corrected chi connectivity index (χ0v) is 20.0. The molecule has 0 aliphatic carbocycles. The van der Waals surface area contributed by atoms with Gasteiger partial charge in [0.25, 0.3) is 0 Å². The monoisotopic (exact) mass is 481 g/mol. The maximum absolute atomic E-state index is 10.3. The molecule has 0 amide bonds. The fourth-order valence-electron chi connectivity index (χ4n) is 4.08. The molecule has 4 nitrogen and oxygen atoms in total. The van der Waals surface area contributed by atoms with Crippen molar-refractivity contribution in [1.82, 2.24) is 4.90 Å². The summed E-state index contributed by atoms with van der Waals surface area (Å²) in [5, 5.41) is 11.5. The Morgan fingerprint density at radius 2 is 1.61 bits per heavy atom. The number of hydrogen-bond donors (Lipinski definition) is 1. The van der Waals surface area contributed by atoms with E-state index in [1.165, 1.54) is 42.4 Å². The first-order valence-electron chi connectivity index (χ1n) is 11.2. The van der Waals surface area contributed by atoms with Crippen molar-refractivity contribution in [3.05, 3.63) is 72.8 Å². The summed E-state index contributed by atoms with van der Waals surface area (Å²) in [5.41, 5.74) is 1.02. The van der Waals surface area contributed by atoms with E-state index in [0.717, 1.165) is 22.7 Å². The molecule has 1 aliphatic heterocycles. The molecule has 1 aliphatic rings. The summed E-state index contributed by atoms with van der Waals surface area (Å²) >= 11 is 1.73. The Hall–Kier alpha value is -2.73. The molecule has 0 atom stereocenters. The zero-order valence-electron chi connectivity index (χ0n) is 18.4. The van der Waals surface area contributed by atoms with Crippen LogP contribution in [0.3, 0.4) is 0 Å². The molecule has 4 aromatic rings. The second kappa shape index (κ2) is 10.9. The molecule has 0 bridgehead atoms. The second-order valence-corrected chi connectivity index (χ2v) is 9.24. The Labute approximate surface area is 204 Å². The normalized spacial score (nSPS) is 14.1. The Morgan fingerprint density at radius 3 is 2.39 bits per heavy atom. The lowest BCUT2D eigenvalue weighted by atomic mass is 10.1. The average Bonchev–Trinajstić information content (AvgIpc) is 3.27. The van der Waals surface area contributed by atoms with Gasteiger partial charge in [-0.3, -0.25) is 4.90 Å². The van der Waals surface area contributed by atoms with Gasteiger partial charge in [-0.25, -0.2) is 0 Å². The van der Waals surface area contributed by atoms with Gasteiger partial charge >= 0.3 is 0 Å². The van der Waals surface area contributed by atoms with E-state index < -0.39 is 0 Å². The summed E-state index contributed by atoms with van der Waals surface area (Å²) in [5.74, 6) is 2.06. The summed E-state index contributed by atoms with van der Waals surface area (Å²) < 4.78 is 13.1. The standard InChI is InChI=1S/C27H27NO3S.ClH/c29-24-13-8-21(27-19-20-6-2-3-7-26(20)32-27)18-25(24)31-23-11-9-22(10-12-23)30-17-16-28-14-4-1-5-15-28;/h2-3,6-13,18-19,29H,1,4-5,14-17H2;1H. The highest BCUT2D eigenvalue weighted by Gasteiger charge is 2.11. The van der Waals surface area contributed by atoms with Crippen LogP contribution in [0, 0.1) is 0 Å². The van der Waals surface area contributed by atoms with Crippen LogP contribution in [0.4, 0.5) is 0 Å². The van der Waals surface area contributed by atoms with Crippen LogP contribution in [0.1, 0.15) is 19.3 Å². The van der Waals surface area contributed by atoms with Gasteiger partial charge in [0.1, 0.15) is 18.1 Å². The van der Waals surface area contributed by atoms with E-state index in [4.69, 9.17) is 9.47 Å². The van der Waals surface area contributed by atoms with Gasteiger partial charge < -0.3 is 14.6 Å². The van der Waals surface area contributed by atoms with Gasteiger partial charge in [0.2, 0.25) is 0 Å². The number of nitrogens with zero attached hydrogens (tertiary/aromatic N) is 1. The van der Waals surface area contributed by atoms with Crippen LogP contribution in [0.25, 0.3) is 20.5 Å². The Balaban J connectivity index is 0.00000259. The van der Waals surface area contributed by atoms with E-state index in [1.54, 1.807) is 17.4 Å². The van der Waals surface area contributed by atoms with E-state index in [0.29, 0.717) is 18.1 Å². The number of phenolic OH excluding ortho intramolecular Hbond substituents is 1. The van der Waals surface area contributed by atoms with Gasteiger partial charge in [-0.15, -0.1) is 23.7 Å². The van der Waals surface area contributed by atoms with Crippen LogP contribution < -0.4 is 9.47 Å². The summed E-state index contributed by atoms with van der Waals surface area (Å²) in [6.45, 7) is 4.02. The molecule has 0 spiro atoms. The largest absolute Gasteiger partial charge is 0.504 e. The minimum atomic E-state index is 0. The van der Waals surface area contributed by atoms with Crippen molar-refractivity contribution in [3.8, 4) is 33.4 Å². The first-order chi connectivity index (χ1) is 15.7. The second-order valence-electron chi connectivity index (χ2n) is 8.16. The molecule has 6 heteroatoms. The quantitative estimate of drug-likeness (QED) is 0.299. The van der Waals surface area contributed by atoms with Gasteiger partial charge in [0.15, 0.2) is 11.5 Å².